The highest BCUT2D eigenvalue weighted by Gasteiger charge is 2.05. The van der Waals surface area contributed by atoms with Gasteiger partial charge in [0.05, 0.1) is 11.6 Å². The van der Waals surface area contributed by atoms with Gasteiger partial charge in [-0.3, -0.25) is 0 Å². The summed E-state index contributed by atoms with van der Waals surface area (Å²) in [5.74, 6) is 0.173. The normalized spacial score (nSPS) is 9.55. The Morgan fingerprint density at radius 2 is 1.90 bits per heavy atom. The molecule has 0 saturated heterocycles. The molecule has 0 atom stereocenters. The van der Waals surface area contributed by atoms with Crippen molar-refractivity contribution in [2.24, 2.45) is 0 Å². The van der Waals surface area contributed by atoms with E-state index in [0.29, 0.717) is 11.3 Å². The number of hydrogen-bond acceptors (Lipinski definition) is 4. The van der Waals surface area contributed by atoms with Crippen LogP contribution >= 0.6 is 0 Å². The van der Waals surface area contributed by atoms with Crippen molar-refractivity contribution < 1.29 is 14.3 Å². The molecule has 2 aromatic carbocycles. The van der Waals surface area contributed by atoms with Crippen LogP contribution in [0, 0.1) is 11.3 Å². The number of nitrogens with zero attached hydrogens (tertiary/aromatic N) is 1. The largest absolute Gasteiger partial charge is 0.482 e. The molecule has 0 saturated carbocycles. The maximum absolute atomic E-state index is 11.5. The summed E-state index contributed by atoms with van der Waals surface area (Å²) < 4.78 is 10.4. The van der Waals surface area contributed by atoms with Gasteiger partial charge in [-0.2, -0.15) is 5.26 Å². The summed E-state index contributed by atoms with van der Waals surface area (Å²) in [7, 11) is 0. The van der Waals surface area contributed by atoms with Crippen LogP contribution in [0.1, 0.15) is 11.1 Å². The molecule has 0 heterocycles. The van der Waals surface area contributed by atoms with Gasteiger partial charge in [-0.15, -0.1) is 0 Å². The molecule has 0 aliphatic rings. The number of nitriles is 1. The summed E-state index contributed by atoms with van der Waals surface area (Å²) in [6.45, 7) is -0.00550. The Balaban J connectivity index is 1.79. The van der Waals surface area contributed by atoms with Gasteiger partial charge < -0.3 is 9.47 Å². The van der Waals surface area contributed by atoms with Crippen molar-refractivity contribution in [1.82, 2.24) is 0 Å². The van der Waals surface area contributed by atoms with Crippen molar-refractivity contribution >= 4 is 5.97 Å². The minimum atomic E-state index is -0.448. The van der Waals surface area contributed by atoms with Gasteiger partial charge >= 0.3 is 5.97 Å². The standard InChI is InChI=1S/C16H13NO3/c17-10-13-5-4-6-14(9-13)11-20-16(18)12-19-15-7-2-1-3-8-15/h1-9H,11-12H2. The van der Waals surface area contributed by atoms with Gasteiger partial charge in [-0.25, -0.2) is 4.79 Å². The van der Waals surface area contributed by atoms with Gasteiger partial charge in [0.1, 0.15) is 12.4 Å². The van der Waals surface area contributed by atoms with E-state index in [2.05, 4.69) is 0 Å². The highest BCUT2D eigenvalue weighted by molar-refractivity contribution is 5.71. The quantitative estimate of drug-likeness (QED) is 0.781. The summed E-state index contributed by atoms with van der Waals surface area (Å²) >= 11 is 0. The lowest BCUT2D eigenvalue weighted by Gasteiger charge is -2.07. The topological polar surface area (TPSA) is 59.3 Å². The predicted octanol–water partition coefficient (Wildman–Crippen LogP) is 2.68. The second-order valence-corrected chi connectivity index (χ2v) is 4.07. The van der Waals surface area contributed by atoms with Gasteiger partial charge in [0.15, 0.2) is 6.61 Å². The first-order chi connectivity index (χ1) is 9.78. The maximum atomic E-state index is 11.5. The SMILES string of the molecule is N#Cc1cccc(COC(=O)COc2ccccc2)c1. The molecule has 0 aliphatic carbocycles. The van der Waals surface area contributed by atoms with Crippen LogP contribution in [0.2, 0.25) is 0 Å². The summed E-state index contributed by atoms with van der Waals surface area (Å²) in [5, 5.41) is 8.77. The second-order valence-electron chi connectivity index (χ2n) is 4.07. The Morgan fingerprint density at radius 1 is 1.10 bits per heavy atom. The molecule has 4 nitrogen and oxygen atoms in total. The first-order valence-electron chi connectivity index (χ1n) is 6.10. The Labute approximate surface area is 117 Å². The molecular formula is C16H13NO3. The molecule has 100 valence electrons. The van der Waals surface area contributed by atoms with Gasteiger partial charge in [-0.1, -0.05) is 30.3 Å². The number of hydrogen-bond donors (Lipinski definition) is 0. The highest BCUT2D eigenvalue weighted by atomic mass is 16.6. The van der Waals surface area contributed by atoms with Crippen LogP contribution in [0.5, 0.6) is 5.75 Å². The van der Waals surface area contributed by atoms with Crippen LogP contribution in [-0.2, 0) is 16.1 Å². The van der Waals surface area contributed by atoms with Crippen molar-refractivity contribution in [3.05, 3.63) is 65.7 Å². The summed E-state index contributed by atoms with van der Waals surface area (Å²) in [4.78, 5) is 11.5. The van der Waals surface area contributed by atoms with E-state index >= 15 is 0 Å². The van der Waals surface area contributed by atoms with E-state index in [1.54, 1.807) is 36.4 Å². The van der Waals surface area contributed by atoms with E-state index in [1.807, 2.05) is 24.3 Å². The summed E-state index contributed by atoms with van der Waals surface area (Å²) in [6, 6.07) is 18.0. The van der Waals surface area contributed by atoms with Crippen LogP contribution in [0.4, 0.5) is 0 Å². The monoisotopic (exact) mass is 267 g/mol. The molecule has 0 bridgehead atoms. The van der Waals surface area contributed by atoms with Crippen molar-refractivity contribution in [2.75, 3.05) is 6.61 Å². The first kappa shape index (κ1) is 13.6. The lowest BCUT2D eigenvalue weighted by atomic mass is 10.1. The third-order valence-corrected chi connectivity index (χ3v) is 2.56. The van der Waals surface area contributed by atoms with Crippen LogP contribution in [0.3, 0.4) is 0 Å². The zero-order valence-corrected chi connectivity index (χ0v) is 10.8. The zero-order chi connectivity index (χ0) is 14.2. The fraction of sp³-hybridized carbons (Fsp3) is 0.125. The third-order valence-electron chi connectivity index (χ3n) is 2.56. The Kier molecular flexibility index (Phi) is 4.74. The lowest BCUT2D eigenvalue weighted by molar-refractivity contribution is -0.147. The second kappa shape index (κ2) is 6.95. The molecule has 2 rings (SSSR count). The molecule has 0 unspecified atom stereocenters. The van der Waals surface area contributed by atoms with Gasteiger partial charge in [-0.05, 0) is 29.8 Å². The van der Waals surface area contributed by atoms with Crippen molar-refractivity contribution in [3.63, 3.8) is 0 Å². The molecule has 0 aromatic heterocycles. The molecular weight excluding hydrogens is 254 g/mol. The molecule has 2 aromatic rings. The van der Waals surface area contributed by atoms with E-state index < -0.39 is 5.97 Å². The molecule has 0 aliphatic heterocycles. The van der Waals surface area contributed by atoms with Crippen molar-refractivity contribution in [1.29, 1.82) is 5.26 Å². The van der Waals surface area contributed by atoms with E-state index in [4.69, 9.17) is 14.7 Å². The van der Waals surface area contributed by atoms with Gasteiger partial charge in [0, 0.05) is 0 Å². The number of carbonyl (C=O) groups is 1. The van der Waals surface area contributed by atoms with Gasteiger partial charge in [0.2, 0.25) is 0 Å². The number of ether oxygens (including phenoxy) is 2. The third kappa shape index (κ3) is 4.14. The minimum absolute atomic E-state index is 0.131. The molecule has 0 spiro atoms. The summed E-state index contributed by atoms with van der Waals surface area (Å²) in [5.41, 5.74) is 1.32. The van der Waals surface area contributed by atoms with Crippen LogP contribution in [-0.4, -0.2) is 12.6 Å². The lowest BCUT2D eigenvalue weighted by Crippen LogP contribution is -2.14. The van der Waals surface area contributed by atoms with E-state index in [1.165, 1.54) is 0 Å². The number of rotatable bonds is 5. The molecule has 4 heteroatoms. The smallest absolute Gasteiger partial charge is 0.344 e. The first-order valence-corrected chi connectivity index (χ1v) is 6.10. The van der Waals surface area contributed by atoms with Crippen molar-refractivity contribution in [2.45, 2.75) is 6.61 Å². The van der Waals surface area contributed by atoms with E-state index in [9.17, 15) is 4.79 Å². The average molecular weight is 267 g/mol. The van der Waals surface area contributed by atoms with Crippen molar-refractivity contribution in [3.8, 4) is 11.8 Å². The van der Waals surface area contributed by atoms with E-state index in [-0.39, 0.29) is 13.2 Å². The highest BCUT2D eigenvalue weighted by Crippen LogP contribution is 2.09. The average Bonchev–Trinajstić information content (AvgIpc) is 2.52. The Bertz CT molecular complexity index is 617. The molecule has 0 fully saturated rings. The fourth-order valence-corrected chi connectivity index (χ4v) is 1.60. The molecule has 0 amide bonds. The predicted molar refractivity (Wildman–Crippen MR) is 72.9 cm³/mol. The van der Waals surface area contributed by atoms with Crippen LogP contribution < -0.4 is 4.74 Å². The van der Waals surface area contributed by atoms with E-state index in [0.717, 1.165) is 5.56 Å². The Morgan fingerprint density at radius 3 is 2.65 bits per heavy atom. The minimum Gasteiger partial charge on any atom is -0.482 e. The number of para-hydroxylation sites is 1. The summed E-state index contributed by atoms with van der Waals surface area (Å²) in [6.07, 6.45) is 0. The number of carbonyl (C=O) groups excluding carboxylic acids is 1. The van der Waals surface area contributed by atoms with Crippen LogP contribution in [0.25, 0.3) is 0 Å². The fourth-order valence-electron chi connectivity index (χ4n) is 1.60. The molecule has 0 radical (unpaired) electrons. The van der Waals surface area contributed by atoms with Crippen LogP contribution in [0.15, 0.2) is 54.6 Å². The van der Waals surface area contributed by atoms with Gasteiger partial charge in [0.25, 0.3) is 0 Å². The Hall–Kier alpha value is -2.80. The maximum Gasteiger partial charge on any atom is 0.344 e. The molecule has 0 N–H and O–H groups in total. The molecule has 20 heavy (non-hydrogen) atoms. The zero-order valence-electron chi connectivity index (χ0n) is 10.8. The number of benzene rings is 2. The number of esters is 1.